The molecule has 0 unspecified atom stereocenters. The number of hydrogen-bond acceptors (Lipinski definition) is 0. The van der Waals surface area contributed by atoms with E-state index in [2.05, 4.69) is 0 Å². The van der Waals surface area contributed by atoms with Crippen LogP contribution in [0.1, 0.15) is 0 Å². The summed E-state index contributed by atoms with van der Waals surface area (Å²) in [5, 5.41) is 0. The van der Waals surface area contributed by atoms with Crippen LogP contribution in [-0.2, 0) is 142 Å². The molecule has 0 heterocycles. The number of hydrogen-bond donors (Lipinski definition) is 0. The molecule has 0 aliphatic carbocycles. The predicted octanol–water partition coefficient (Wildman–Crippen LogP) is -1.20. The fourth-order valence-corrected chi connectivity index (χ4v) is 0. The van der Waals surface area contributed by atoms with Crippen LogP contribution in [0.2, 0.25) is 0 Å². The standard InChI is InChI=1S/Ag.Au.Cu.In.Ni.Pd.Pt.Ti.3H. The van der Waals surface area contributed by atoms with Gasteiger partial charge in [-0.2, -0.15) is 0 Å². The zero-order valence-electron chi connectivity index (χ0n) is 2.35. The molecule has 3 radical (unpaired) electrons. The third-order valence-electron chi connectivity index (χ3n) is 0. The molecule has 0 aliphatic rings. The van der Waals surface area contributed by atoms with E-state index in [-0.39, 0.29) is 167 Å². The van der Waals surface area contributed by atoms with Crippen molar-refractivity contribution in [3.8, 4) is 0 Å². The Morgan fingerprint density at radius 3 is 1.00 bits per heavy atom. The topological polar surface area (TPSA) is 0 Å². The van der Waals surface area contributed by atoms with Crippen molar-refractivity contribution < 1.29 is 142 Å². The quantitative estimate of drug-likeness (QED) is 0.269. The summed E-state index contributed by atoms with van der Waals surface area (Å²) in [4.78, 5) is 0. The summed E-state index contributed by atoms with van der Waals surface area (Å²) in [6.45, 7) is 0. The summed E-state index contributed by atoms with van der Waals surface area (Å²) in [5.74, 6) is 0. The van der Waals surface area contributed by atoms with Crippen molar-refractivity contribution in [2.75, 3.05) is 0 Å². The van der Waals surface area contributed by atoms with Crippen LogP contribution < -0.4 is 0 Å². The molecule has 0 N–H and O–H groups in total. The molecule has 0 rings (SSSR count). The van der Waals surface area contributed by atoms with Gasteiger partial charge in [0.05, 0.1) is 0 Å². The first-order chi connectivity index (χ1) is 0. The van der Waals surface area contributed by atoms with Gasteiger partial charge in [-0.15, -0.1) is 0 Å². The predicted molar refractivity (Wildman–Crippen MR) is 9.94 cm³/mol. The summed E-state index contributed by atoms with van der Waals surface area (Å²) in [6.07, 6.45) is 0. The molecule has 0 aromatic heterocycles. The molecule has 0 fully saturated rings. The van der Waals surface area contributed by atoms with Gasteiger partial charge in [-0.1, -0.05) is 0 Å². The Balaban J connectivity index is 0. The molecule has 0 saturated carbocycles. The second kappa shape index (κ2) is 55.1. The maximum atomic E-state index is 0. The Morgan fingerprint density at radius 2 is 1.00 bits per heavy atom. The second-order valence-electron chi connectivity index (χ2n) is 0. The van der Waals surface area contributed by atoms with Gasteiger partial charge in [-0.25, -0.2) is 0 Å². The second-order valence-corrected chi connectivity index (χ2v) is 0. The van der Waals surface area contributed by atoms with Gasteiger partial charge < -0.3 is 0 Å². The fraction of sp³-hybridized carbons (Fsp3) is 0. The third-order valence-corrected chi connectivity index (χ3v) is 0. The van der Waals surface area contributed by atoms with Gasteiger partial charge in [0.25, 0.3) is 0 Å². The van der Waals surface area contributed by atoms with Crippen molar-refractivity contribution in [3.63, 3.8) is 0 Å². The molecule has 0 atom stereocenters. The zero-order valence-corrected chi connectivity index (χ0v) is 13.3. The van der Waals surface area contributed by atoms with Crippen LogP contribution in [0.4, 0.5) is 0 Å². The Labute approximate surface area is 163 Å². The van der Waals surface area contributed by atoms with Crippen LogP contribution in [0.3, 0.4) is 0 Å². The molecule has 0 spiro atoms. The van der Waals surface area contributed by atoms with E-state index in [4.69, 9.17) is 0 Å². The molecule has 8 heteroatoms. The van der Waals surface area contributed by atoms with Gasteiger partial charge in [0.1, 0.15) is 0 Å². The molecule has 0 bridgehead atoms. The van der Waals surface area contributed by atoms with Gasteiger partial charge >= 0.3 is 25.8 Å². The molecule has 0 aliphatic heterocycles. The average Bonchev–Trinajstić information content (AvgIpc) is 0. The van der Waals surface area contributed by atoms with Crippen molar-refractivity contribution in [2.45, 2.75) is 0 Å². The van der Waals surface area contributed by atoms with E-state index in [1.807, 2.05) is 0 Å². The Morgan fingerprint density at radius 1 is 1.00 bits per heavy atom. The van der Waals surface area contributed by atoms with Crippen LogP contribution in [0.5, 0.6) is 0 Å². The Bertz CT molecular complexity index is 24.0. The van der Waals surface area contributed by atoms with Crippen LogP contribution in [-0.4, -0.2) is 25.8 Å². The molecule has 0 aromatic rings. The van der Waals surface area contributed by atoms with Gasteiger partial charge in [-0.05, 0) is 0 Å². The van der Waals surface area contributed by atoms with Crippen molar-refractivity contribution in [2.24, 2.45) is 0 Å². The first kappa shape index (κ1) is 70.4. The van der Waals surface area contributed by atoms with E-state index in [1.165, 1.54) is 0 Å². The van der Waals surface area contributed by atoms with Crippen LogP contribution in [0.15, 0.2) is 0 Å². The largest absolute Gasteiger partial charge is 0 e. The maximum absolute atomic E-state index is 0. The smallest absolute Gasteiger partial charge is 0 e. The summed E-state index contributed by atoms with van der Waals surface area (Å²) >= 11 is 0. The SMILES string of the molecule is [Ag].[Au].[Cu].[InH3].[Ni].[Pd].[Pt].[Ti]. The van der Waals surface area contributed by atoms with E-state index in [1.54, 1.807) is 0 Å². The Kier molecular flexibility index (Phi) is 485. The average molecular weight is 894 g/mol. The van der Waals surface area contributed by atoms with Crippen LogP contribution in [0.25, 0.3) is 0 Å². The molecule has 0 nitrogen and oxygen atoms in total. The summed E-state index contributed by atoms with van der Waals surface area (Å²) < 4.78 is 0. The number of rotatable bonds is 0. The third kappa shape index (κ3) is 42.2. The van der Waals surface area contributed by atoms with E-state index >= 15 is 0 Å². The molecule has 8 heavy (non-hydrogen) atoms. The summed E-state index contributed by atoms with van der Waals surface area (Å²) in [5.41, 5.74) is 0. The zero-order chi connectivity index (χ0) is 0. The van der Waals surface area contributed by atoms with Crippen LogP contribution in [0, 0.1) is 0 Å². The normalized spacial score (nSPS) is 0. The van der Waals surface area contributed by atoms with Gasteiger partial charge in [0.15, 0.2) is 0 Å². The monoisotopic (exact) mass is 891 g/mol. The van der Waals surface area contributed by atoms with Gasteiger partial charge in [0, 0.05) is 142 Å². The Hall–Kier alpha value is 5.43. The van der Waals surface area contributed by atoms with Crippen molar-refractivity contribution in [1.82, 2.24) is 0 Å². The minimum atomic E-state index is 0. The first-order valence-corrected chi connectivity index (χ1v) is 0. The molecular weight excluding hydrogens is 891 g/mol. The van der Waals surface area contributed by atoms with Gasteiger partial charge in [0.2, 0.25) is 0 Å². The molecule has 0 amide bonds. The van der Waals surface area contributed by atoms with E-state index in [9.17, 15) is 0 Å². The molecular formula is H3AgAuCuInNiPdPtTi. The van der Waals surface area contributed by atoms with Crippen molar-refractivity contribution in [3.05, 3.63) is 0 Å². The van der Waals surface area contributed by atoms with E-state index in [0.29, 0.717) is 0 Å². The maximum Gasteiger partial charge on any atom is 0 e. The minimum absolute atomic E-state index is 0. The summed E-state index contributed by atoms with van der Waals surface area (Å²) in [7, 11) is 0. The van der Waals surface area contributed by atoms with E-state index < -0.39 is 0 Å². The first-order valence-electron chi connectivity index (χ1n) is 0. The van der Waals surface area contributed by atoms with Crippen LogP contribution >= 0.6 is 0 Å². The van der Waals surface area contributed by atoms with Crippen molar-refractivity contribution in [1.29, 1.82) is 0 Å². The molecule has 0 aromatic carbocycles. The fourth-order valence-electron chi connectivity index (χ4n) is 0. The minimum Gasteiger partial charge on any atom is 0 e. The molecule has 0 saturated heterocycles. The van der Waals surface area contributed by atoms with E-state index in [0.717, 1.165) is 0 Å². The molecule has 73 valence electrons. The van der Waals surface area contributed by atoms with Gasteiger partial charge in [-0.3, -0.25) is 0 Å². The van der Waals surface area contributed by atoms with Crippen molar-refractivity contribution >= 4 is 25.8 Å². The summed E-state index contributed by atoms with van der Waals surface area (Å²) in [6, 6.07) is 0.